The molecule has 1 aliphatic rings. The number of nitrogens with zero attached hydrogens (tertiary/aromatic N) is 2. The fourth-order valence-electron chi connectivity index (χ4n) is 2.60. The van der Waals surface area contributed by atoms with Crippen LogP contribution in [0.5, 0.6) is 11.5 Å². The Balaban J connectivity index is 1.50. The Kier molecular flexibility index (Phi) is 5.54. The van der Waals surface area contributed by atoms with Crippen molar-refractivity contribution in [2.45, 2.75) is 13.0 Å². The molecule has 0 atom stereocenters. The fourth-order valence-corrected chi connectivity index (χ4v) is 2.60. The van der Waals surface area contributed by atoms with Crippen LogP contribution in [-0.4, -0.2) is 26.3 Å². The molecule has 0 saturated carbocycles. The fraction of sp³-hybridized carbons (Fsp3) is 0.263. The molecular weight excluding hydrogens is 335 g/mol. The minimum atomic E-state index is -0.354. The summed E-state index contributed by atoms with van der Waals surface area (Å²) in [5.74, 6) is 1.73. The third kappa shape index (κ3) is 4.22. The second-order valence-corrected chi connectivity index (χ2v) is 5.71. The van der Waals surface area contributed by atoms with Gasteiger partial charge in [0.05, 0.1) is 11.6 Å². The van der Waals surface area contributed by atoms with Crippen molar-refractivity contribution in [2.24, 2.45) is 4.99 Å². The first-order valence-corrected chi connectivity index (χ1v) is 8.21. The molecule has 6 nitrogen and oxygen atoms in total. The van der Waals surface area contributed by atoms with Gasteiger partial charge < -0.3 is 20.1 Å². The van der Waals surface area contributed by atoms with Crippen LogP contribution in [-0.2, 0) is 13.0 Å². The highest BCUT2D eigenvalue weighted by molar-refractivity contribution is 5.79. The predicted molar refractivity (Wildman–Crippen MR) is 95.6 cm³/mol. The zero-order chi connectivity index (χ0) is 18.4. The standard InChI is InChI=1S/C19H19FN4O2/c1-22-19(24-11-15-8-14(10-21)2-4-16(15)20)23-7-6-13-3-5-17-18(9-13)26-12-25-17/h2-5,8-9H,6-7,11-12H2,1H3,(H2,22,23,24). The molecule has 1 heterocycles. The zero-order valence-electron chi connectivity index (χ0n) is 14.4. The summed E-state index contributed by atoms with van der Waals surface area (Å²) < 4.78 is 24.5. The van der Waals surface area contributed by atoms with Gasteiger partial charge in [-0.15, -0.1) is 0 Å². The largest absolute Gasteiger partial charge is 0.454 e. The number of benzene rings is 2. The number of nitriles is 1. The van der Waals surface area contributed by atoms with E-state index in [1.54, 1.807) is 7.05 Å². The molecule has 134 valence electrons. The van der Waals surface area contributed by atoms with E-state index in [0.717, 1.165) is 23.5 Å². The molecule has 0 bridgehead atoms. The number of ether oxygens (including phenoxy) is 2. The molecule has 0 unspecified atom stereocenters. The highest BCUT2D eigenvalue weighted by Gasteiger charge is 2.13. The number of rotatable bonds is 5. The van der Waals surface area contributed by atoms with Crippen LogP contribution in [0, 0.1) is 17.1 Å². The molecule has 0 fully saturated rings. The lowest BCUT2D eigenvalue weighted by molar-refractivity contribution is 0.174. The summed E-state index contributed by atoms with van der Waals surface area (Å²) in [6, 6.07) is 12.1. The molecule has 0 aromatic heterocycles. The highest BCUT2D eigenvalue weighted by Crippen LogP contribution is 2.32. The van der Waals surface area contributed by atoms with Gasteiger partial charge in [0.2, 0.25) is 6.79 Å². The number of hydrogen-bond acceptors (Lipinski definition) is 4. The lowest BCUT2D eigenvalue weighted by Crippen LogP contribution is -2.38. The van der Waals surface area contributed by atoms with E-state index in [1.807, 2.05) is 24.3 Å². The highest BCUT2D eigenvalue weighted by atomic mass is 19.1. The SMILES string of the molecule is CN=C(NCCc1ccc2c(c1)OCO2)NCc1cc(C#N)ccc1F. The van der Waals surface area contributed by atoms with Gasteiger partial charge in [0.25, 0.3) is 0 Å². The Labute approximate surface area is 151 Å². The van der Waals surface area contributed by atoms with Gasteiger partial charge in [-0.05, 0) is 42.3 Å². The van der Waals surface area contributed by atoms with Crippen LogP contribution >= 0.6 is 0 Å². The maximum absolute atomic E-state index is 13.8. The molecule has 2 aromatic rings. The minimum absolute atomic E-state index is 0.241. The van der Waals surface area contributed by atoms with Gasteiger partial charge in [-0.25, -0.2) is 4.39 Å². The quantitative estimate of drug-likeness (QED) is 0.636. The average molecular weight is 354 g/mol. The lowest BCUT2D eigenvalue weighted by Gasteiger charge is -2.12. The van der Waals surface area contributed by atoms with E-state index in [9.17, 15) is 4.39 Å². The molecule has 0 spiro atoms. The van der Waals surface area contributed by atoms with Gasteiger partial charge in [0, 0.05) is 25.7 Å². The minimum Gasteiger partial charge on any atom is -0.454 e. The third-order valence-corrected chi connectivity index (χ3v) is 3.99. The molecule has 0 aliphatic carbocycles. The number of aliphatic imine (C=N–C) groups is 1. The molecular formula is C19H19FN4O2. The first kappa shape index (κ1) is 17.5. The molecule has 0 saturated heterocycles. The van der Waals surface area contributed by atoms with E-state index >= 15 is 0 Å². The topological polar surface area (TPSA) is 78.7 Å². The number of nitrogens with one attached hydrogen (secondary N) is 2. The van der Waals surface area contributed by atoms with Crippen molar-refractivity contribution in [3.05, 3.63) is 58.9 Å². The Hall–Kier alpha value is -3.27. The van der Waals surface area contributed by atoms with E-state index in [-0.39, 0.29) is 19.2 Å². The summed E-state index contributed by atoms with van der Waals surface area (Å²) in [6.45, 7) is 1.16. The molecule has 1 aliphatic heterocycles. The Morgan fingerprint density at radius 2 is 2.04 bits per heavy atom. The predicted octanol–water partition coefficient (Wildman–Crippen LogP) is 2.33. The van der Waals surface area contributed by atoms with Crippen LogP contribution in [0.25, 0.3) is 0 Å². The maximum Gasteiger partial charge on any atom is 0.231 e. The summed E-state index contributed by atoms with van der Waals surface area (Å²) in [5, 5.41) is 15.1. The van der Waals surface area contributed by atoms with Gasteiger partial charge in [0.15, 0.2) is 17.5 Å². The number of guanidine groups is 1. The molecule has 7 heteroatoms. The van der Waals surface area contributed by atoms with Crippen LogP contribution in [0.2, 0.25) is 0 Å². The maximum atomic E-state index is 13.8. The van der Waals surface area contributed by atoms with E-state index in [1.165, 1.54) is 18.2 Å². The van der Waals surface area contributed by atoms with Crippen LogP contribution in [0.15, 0.2) is 41.4 Å². The van der Waals surface area contributed by atoms with Gasteiger partial charge in [-0.3, -0.25) is 4.99 Å². The summed E-state index contributed by atoms with van der Waals surface area (Å²) in [5.41, 5.74) is 1.96. The molecule has 26 heavy (non-hydrogen) atoms. The van der Waals surface area contributed by atoms with Crippen molar-refractivity contribution >= 4 is 5.96 Å². The molecule has 2 N–H and O–H groups in total. The summed E-state index contributed by atoms with van der Waals surface area (Å²) in [7, 11) is 1.65. The second kappa shape index (κ2) is 8.21. The van der Waals surface area contributed by atoms with Crippen LogP contribution in [0.3, 0.4) is 0 Å². The van der Waals surface area contributed by atoms with Crippen molar-refractivity contribution < 1.29 is 13.9 Å². The van der Waals surface area contributed by atoms with Gasteiger partial charge in [0.1, 0.15) is 5.82 Å². The second-order valence-electron chi connectivity index (χ2n) is 5.71. The molecule has 0 radical (unpaired) electrons. The van der Waals surface area contributed by atoms with Crippen molar-refractivity contribution in [3.8, 4) is 17.6 Å². The van der Waals surface area contributed by atoms with Gasteiger partial charge in [-0.2, -0.15) is 5.26 Å². The van der Waals surface area contributed by atoms with E-state index in [4.69, 9.17) is 14.7 Å². The lowest BCUT2D eigenvalue weighted by atomic mass is 10.1. The zero-order valence-corrected chi connectivity index (χ0v) is 14.4. The van der Waals surface area contributed by atoms with E-state index < -0.39 is 0 Å². The average Bonchev–Trinajstić information content (AvgIpc) is 3.13. The summed E-state index contributed by atoms with van der Waals surface area (Å²) in [4.78, 5) is 4.13. The monoisotopic (exact) mass is 354 g/mol. The van der Waals surface area contributed by atoms with Gasteiger partial charge in [-0.1, -0.05) is 6.07 Å². The Bertz CT molecular complexity index is 861. The molecule has 2 aromatic carbocycles. The Morgan fingerprint density at radius 3 is 2.85 bits per heavy atom. The van der Waals surface area contributed by atoms with Crippen molar-refractivity contribution in [1.29, 1.82) is 5.26 Å². The van der Waals surface area contributed by atoms with Crippen molar-refractivity contribution in [1.82, 2.24) is 10.6 Å². The van der Waals surface area contributed by atoms with E-state index in [0.29, 0.717) is 23.6 Å². The summed E-state index contributed by atoms with van der Waals surface area (Å²) in [6.07, 6.45) is 0.773. The number of fused-ring (bicyclic) bond motifs is 1. The van der Waals surface area contributed by atoms with Crippen LogP contribution in [0.4, 0.5) is 4.39 Å². The van der Waals surface area contributed by atoms with Crippen LogP contribution in [0.1, 0.15) is 16.7 Å². The third-order valence-electron chi connectivity index (χ3n) is 3.99. The normalized spacial score (nSPS) is 12.6. The first-order valence-electron chi connectivity index (χ1n) is 8.21. The van der Waals surface area contributed by atoms with Crippen LogP contribution < -0.4 is 20.1 Å². The first-order chi connectivity index (χ1) is 12.7. The molecule has 0 amide bonds. The van der Waals surface area contributed by atoms with Crippen molar-refractivity contribution in [3.63, 3.8) is 0 Å². The number of halogens is 1. The number of hydrogen-bond donors (Lipinski definition) is 2. The van der Waals surface area contributed by atoms with Gasteiger partial charge >= 0.3 is 0 Å². The smallest absolute Gasteiger partial charge is 0.231 e. The van der Waals surface area contributed by atoms with Crippen molar-refractivity contribution in [2.75, 3.05) is 20.4 Å². The van der Waals surface area contributed by atoms with E-state index in [2.05, 4.69) is 15.6 Å². The Morgan fingerprint density at radius 1 is 1.19 bits per heavy atom. The molecule has 3 rings (SSSR count). The summed E-state index contributed by atoms with van der Waals surface area (Å²) >= 11 is 0.